The van der Waals surface area contributed by atoms with Gasteiger partial charge in [-0.15, -0.1) is 0 Å². The van der Waals surface area contributed by atoms with E-state index in [9.17, 15) is 0 Å². The summed E-state index contributed by atoms with van der Waals surface area (Å²) in [5.41, 5.74) is 17.5. The SMILES string of the molecule is c1ccc(-c2cc(-c3cc(-c4cccc5c4C(c4ccccc4)(c4ccccc4)c4ccccc4-5)nc(-c4ccccc4)n3)cc(-c3cccc4c3oc3ccccc34)c2)cc1. The Morgan fingerprint density at radius 3 is 1.63 bits per heavy atom. The highest BCUT2D eigenvalue weighted by Crippen LogP contribution is 2.58. The molecule has 2 heterocycles. The third-order valence-electron chi connectivity index (χ3n) is 12.6. The molecule has 0 amide bonds. The molecule has 3 heteroatoms. The summed E-state index contributed by atoms with van der Waals surface area (Å²) in [4.78, 5) is 10.9. The summed E-state index contributed by atoms with van der Waals surface area (Å²) in [6.07, 6.45) is 0. The number of aromatic nitrogens is 2. The van der Waals surface area contributed by atoms with Crippen molar-refractivity contribution < 1.29 is 4.42 Å². The van der Waals surface area contributed by atoms with Crippen molar-refractivity contribution >= 4 is 21.9 Å². The molecule has 11 aromatic rings. The lowest BCUT2D eigenvalue weighted by molar-refractivity contribution is 0.670. The van der Waals surface area contributed by atoms with Crippen LogP contribution in [0.2, 0.25) is 0 Å². The number of nitrogens with zero attached hydrogens (tertiary/aromatic N) is 2. The summed E-state index contributed by atoms with van der Waals surface area (Å²) in [6.45, 7) is 0. The van der Waals surface area contributed by atoms with Crippen LogP contribution in [0.4, 0.5) is 0 Å². The zero-order chi connectivity index (χ0) is 41.0. The van der Waals surface area contributed by atoms with Crippen molar-refractivity contribution in [2.45, 2.75) is 5.41 Å². The van der Waals surface area contributed by atoms with Crippen LogP contribution in [-0.2, 0) is 5.41 Å². The van der Waals surface area contributed by atoms with Gasteiger partial charge in [0, 0.05) is 33.0 Å². The van der Waals surface area contributed by atoms with Crippen molar-refractivity contribution in [1.29, 1.82) is 0 Å². The van der Waals surface area contributed by atoms with E-state index in [4.69, 9.17) is 14.4 Å². The predicted molar refractivity (Wildman–Crippen MR) is 254 cm³/mol. The van der Waals surface area contributed by atoms with Gasteiger partial charge in [-0.05, 0) is 80.4 Å². The average Bonchev–Trinajstić information content (AvgIpc) is 3.89. The maximum atomic E-state index is 6.62. The maximum Gasteiger partial charge on any atom is 0.160 e. The number of hydrogen-bond acceptors (Lipinski definition) is 3. The molecule has 1 aliphatic carbocycles. The molecule has 0 fully saturated rings. The number of hydrogen-bond donors (Lipinski definition) is 0. The van der Waals surface area contributed by atoms with Crippen LogP contribution in [0.5, 0.6) is 0 Å². The summed E-state index contributed by atoms with van der Waals surface area (Å²) < 4.78 is 6.62. The van der Waals surface area contributed by atoms with Crippen molar-refractivity contribution in [3.05, 3.63) is 253 Å². The smallest absolute Gasteiger partial charge is 0.160 e. The molecule has 0 N–H and O–H groups in total. The lowest BCUT2D eigenvalue weighted by Crippen LogP contribution is -2.29. The zero-order valence-corrected chi connectivity index (χ0v) is 33.7. The molecule has 3 nitrogen and oxygen atoms in total. The lowest BCUT2D eigenvalue weighted by Gasteiger charge is -2.35. The van der Waals surface area contributed by atoms with Gasteiger partial charge in [-0.1, -0.05) is 200 Å². The second-order valence-corrected chi connectivity index (χ2v) is 16.0. The summed E-state index contributed by atoms with van der Waals surface area (Å²) in [7, 11) is 0. The Bertz CT molecular complexity index is 3410. The molecule has 0 saturated carbocycles. The van der Waals surface area contributed by atoms with Gasteiger partial charge < -0.3 is 4.42 Å². The van der Waals surface area contributed by atoms with E-state index >= 15 is 0 Å². The lowest BCUT2D eigenvalue weighted by atomic mass is 9.66. The van der Waals surface area contributed by atoms with Gasteiger partial charge in [0.2, 0.25) is 0 Å². The minimum absolute atomic E-state index is 0.602. The fourth-order valence-electron chi connectivity index (χ4n) is 9.87. The average molecular weight is 791 g/mol. The number of benzene rings is 9. The molecule has 2 aromatic heterocycles. The number of rotatable bonds is 7. The van der Waals surface area contributed by atoms with E-state index in [1.165, 1.54) is 33.4 Å². The Hall–Kier alpha value is -8.14. The summed E-state index contributed by atoms with van der Waals surface area (Å²) in [6, 6.07) is 82.2. The number of furan rings is 1. The second-order valence-electron chi connectivity index (χ2n) is 16.0. The van der Waals surface area contributed by atoms with Crippen LogP contribution in [0.25, 0.3) is 89.2 Å². The maximum absolute atomic E-state index is 6.62. The molecule has 0 aliphatic heterocycles. The summed E-state index contributed by atoms with van der Waals surface area (Å²) in [5, 5.41) is 2.20. The summed E-state index contributed by atoms with van der Waals surface area (Å²) in [5.74, 6) is 0.669. The van der Waals surface area contributed by atoms with E-state index < -0.39 is 5.41 Å². The summed E-state index contributed by atoms with van der Waals surface area (Å²) >= 11 is 0. The molecule has 62 heavy (non-hydrogen) atoms. The molecule has 0 atom stereocenters. The van der Waals surface area contributed by atoms with Crippen molar-refractivity contribution in [1.82, 2.24) is 9.97 Å². The molecular weight excluding hydrogens is 753 g/mol. The molecule has 290 valence electrons. The van der Waals surface area contributed by atoms with Crippen LogP contribution in [0, 0.1) is 0 Å². The quantitative estimate of drug-likeness (QED) is 0.161. The standard InChI is InChI=1S/C59H38N2O/c1-5-19-39(20-6-1)41-35-42(46-29-17-31-50-48-28-14-16-34-55(48)62-57(46)50)37-43(36-41)53-38-54(61-58(60-53)40-21-7-2-8-22-40)51-32-18-30-49-47-27-13-15-33-52(47)59(56(49)51,44-23-9-3-10-24-44)45-25-11-4-12-26-45/h1-38H. The van der Waals surface area contributed by atoms with E-state index in [-0.39, 0.29) is 0 Å². The minimum atomic E-state index is -0.602. The topological polar surface area (TPSA) is 38.9 Å². The first-order valence-corrected chi connectivity index (χ1v) is 21.1. The van der Waals surface area contributed by atoms with Crippen LogP contribution in [0.15, 0.2) is 235 Å². The van der Waals surface area contributed by atoms with Crippen LogP contribution >= 0.6 is 0 Å². The molecule has 0 saturated heterocycles. The first-order chi connectivity index (χ1) is 30.7. The van der Waals surface area contributed by atoms with Crippen molar-refractivity contribution in [3.63, 3.8) is 0 Å². The molecule has 0 spiro atoms. The van der Waals surface area contributed by atoms with Crippen molar-refractivity contribution in [3.8, 4) is 67.3 Å². The van der Waals surface area contributed by atoms with Crippen molar-refractivity contribution in [2.24, 2.45) is 0 Å². The van der Waals surface area contributed by atoms with Gasteiger partial charge in [0.15, 0.2) is 5.82 Å². The van der Waals surface area contributed by atoms with Crippen LogP contribution in [0.1, 0.15) is 22.3 Å². The Labute approximate surface area is 360 Å². The highest BCUT2D eigenvalue weighted by molar-refractivity contribution is 6.10. The third-order valence-corrected chi connectivity index (χ3v) is 12.6. The Morgan fingerprint density at radius 2 is 0.871 bits per heavy atom. The molecule has 0 radical (unpaired) electrons. The normalized spacial score (nSPS) is 12.6. The largest absolute Gasteiger partial charge is 0.455 e. The fraction of sp³-hybridized carbons (Fsp3) is 0.0169. The minimum Gasteiger partial charge on any atom is -0.455 e. The zero-order valence-electron chi connectivity index (χ0n) is 33.7. The predicted octanol–water partition coefficient (Wildman–Crippen LogP) is 15.1. The monoisotopic (exact) mass is 790 g/mol. The van der Waals surface area contributed by atoms with Gasteiger partial charge in [-0.2, -0.15) is 0 Å². The Balaban J connectivity index is 1.14. The molecule has 0 unspecified atom stereocenters. The fourth-order valence-corrected chi connectivity index (χ4v) is 9.87. The van der Waals surface area contributed by atoms with E-state index in [2.05, 4.69) is 212 Å². The van der Waals surface area contributed by atoms with Crippen LogP contribution in [0.3, 0.4) is 0 Å². The van der Waals surface area contributed by atoms with Gasteiger partial charge in [-0.25, -0.2) is 9.97 Å². The van der Waals surface area contributed by atoms with Gasteiger partial charge in [0.05, 0.1) is 16.8 Å². The number of para-hydroxylation sites is 2. The molecular formula is C59H38N2O. The first-order valence-electron chi connectivity index (χ1n) is 21.1. The van der Waals surface area contributed by atoms with Crippen LogP contribution in [-0.4, -0.2) is 9.97 Å². The van der Waals surface area contributed by atoms with Gasteiger partial charge in [0.1, 0.15) is 11.2 Å². The Kier molecular flexibility index (Phi) is 8.39. The highest BCUT2D eigenvalue weighted by atomic mass is 16.3. The van der Waals surface area contributed by atoms with Gasteiger partial charge >= 0.3 is 0 Å². The van der Waals surface area contributed by atoms with Gasteiger partial charge in [-0.3, -0.25) is 0 Å². The van der Waals surface area contributed by atoms with E-state index in [0.29, 0.717) is 5.82 Å². The second kappa shape index (κ2) is 14.5. The molecule has 1 aliphatic rings. The highest BCUT2D eigenvalue weighted by Gasteiger charge is 2.47. The molecule has 0 bridgehead atoms. The van der Waals surface area contributed by atoms with E-state index in [1.807, 2.05) is 18.2 Å². The van der Waals surface area contributed by atoms with E-state index in [1.54, 1.807) is 0 Å². The van der Waals surface area contributed by atoms with Gasteiger partial charge in [0.25, 0.3) is 0 Å². The first kappa shape index (κ1) is 35.8. The molecule has 9 aromatic carbocycles. The molecule has 12 rings (SSSR count). The van der Waals surface area contributed by atoms with Crippen LogP contribution < -0.4 is 0 Å². The van der Waals surface area contributed by atoms with E-state index in [0.717, 1.165) is 72.3 Å². The third kappa shape index (κ3) is 5.67. The Morgan fingerprint density at radius 1 is 0.339 bits per heavy atom. The van der Waals surface area contributed by atoms with Crippen molar-refractivity contribution in [2.75, 3.05) is 0 Å². The number of fused-ring (bicyclic) bond motifs is 6.